The molecule has 0 heterocycles. The lowest BCUT2D eigenvalue weighted by molar-refractivity contribution is -0.123. The van der Waals surface area contributed by atoms with Crippen molar-refractivity contribution in [1.29, 1.82) is 0 Å². The zero-order valence-corrected chi connectivity index (χ0v) is 14.4. The first-order valence-electron chi connectivity index (χ1n) is 7.93. The van der Waals surface area contributed by atoms with E-state index < -0.39 is 18.0 Å². The molecule has 2 rings (SSSR count). The Morgan fingerprint density at radius 1 is 1.08 bits per heavy atom. The molecule has 0 aliphatic heterocycles. The van der Waals surface area contributed by atoms with Crippen molar-refractivity contribution in [2.24, 2.45) is 0 Å². The number of carbonyl (C=O) groups is 2. The molecule has 1 unspecified atom stereocenters. The number of hydrogen-bond donors (Lipinski definition) is 1. The Morgan fingerprint density at radius 3 is 2.40 bits per heavy atom. The number of benzene rings is 2. The van der Waals surface area contributed by atoms with Crippen molar-refractivity contribution in [2.75, 3.05) is 19.0 Å². The maximum atomic E-state index is 12.3. The Hall–Kier alpha value is -3.02. The molecule has 25 heavy (non-hydrogen) atoms. The third kappa shape index (κ3) is 4.97. The van der Waals surface area contributed by atoms with E-state index in [2.05, 4.69) is 5.32 Å². The molecule has 6 heteroatoms. The van der Waals surface area contributed by atoms with Gasteiger partial charge in [0.1, 0.15) is 17.1 Å². The summed E-state index contributed by atoms with van der Waals surface area (Å²) in [6.45, 7) is 3.77. The molecule has 2 aromatic rings. The lowest BCUT2D eigenvalue weighted by atomic mass is 10.2. The maximum Gasteiger partial charge on any atom is 0.342 e. The number of anilines is 1. The highest BCUT2D eigenvalue weighted by Gasteiger charge is 2.21. The van der Waals surface area contributed by atoms with Gasteiger partial charge in [-0.2, -0.15) is 0 Å². The van der Waals surface area contributed by atoms with E-state index in [0.717, 1.165) is 0 Å². The summed E-state index contributed by atoms with van der Waals surface area (Å²) in [5.41, 5.74) is 0.872. The molecule has 1 amide bonds. The molecule has 0 aliphatic carbocycles. The molecule has 0 aliphatic rings. The average molecular weight is 343 g/mol. The Labute approximate surface area is 146 Å². The summed E-state index contributed by atoms with van der Waals surface area (Å²) >= 11 is 0. The molecule has 0 fully saturated rings. The van der Waals surface area contributed by atoms with Gasteiger partial charge in [0.15, 0.2) is 6.10 Å². The van der Waals surface area contributed by atoms with Crippen molar-refractivity contribution in [3.8, 4) is 11.5 Å². The summed E-state index contributed by atoms with van der Waals surface area (Å²) in [5.74, 6) is 0.0802. The van der Waals surface area contributed by atoms with Gasteiger partial charge in [-0.3, -0.25) is 4.79 Å². The van der Waals surface area contributed by atoms with Crippen LogP contribution in [0.5, 0.6) is 11.5 Å². The van der Waals surface area contributed by atoms with E-state index in [4.69, 9.17) is 14.2 Å². The average Bonchev–Trinajstić information content (AvgIpc) is 2.63. The number of esters is 1. The monoisotopic (exact) mass is 343 g/mol. The molecule has 132 valence electrons. The molecule has 1 N–H and O–H groups in total. The minimum atomic E-state index is -0.954. The van der Waals surface area contributed by atoms with E-state index in [9.17, 15) is 9.59 Å². The molecule has 0 aromatic heterocycles. The zero-order valence-electron chi connectivity index (χ0n) is 14.4. The Balaban J connectivity index is 1.99. The molecule has 0 saturated heterocycles. The molecule has 0 radical (unpaired) electrons. The van der Waals surface area contributed by atoms with Gasteiger partial charge in [-0.1, -0.05) is 12.1 Å². The minimum Gasteiger partial charge on any atom is -0.497 e. The number of nitrogens with one attached hydrogen (secondary N) is 1. The summed E-state index contributed by atoms with van der Waals surface area (Å²) in [6.07, 6.45) is -0.954. The van der Waals surface area contributed by atoms with Crippen molar-refractivity contribution in [3.63, 3.8) is 0 Å². The highest BCUT2D eigenvalue weighted by Crippen LogP contribution is 2.20. The van der Waals surface area contributed by atoms with Crippen molar-refractivity contribution in [1.82, 2.24) is 0 Å². The van der Waals surface area contributed by atoms with Crippen molar-refractivity contribution < 1.29 is 23.8 Å². The van der Waals surface area contributed by atoms with Gasteiger partial charge < -0.3 is 19.5 Å². The smallest absolute Gasteiger partial charge is 0.342 e. The van der Waals surface area contributed by atoms with E-state index in [0.29, 0.717) is 23.8 Å². The van der Waals surface area contributed by atoms with Crippen LogP contribution in [0.1, 0.15) is 24.2 Å². The Bertz CT molecular complexity index is 727. The van der Waals surface area contributed by atoms with Gasteiger partial charge >= 0.3 is 5.97 Å². The fraction of sp³-hybridized carbons (Fsp3) is 0.263. The summed E-state index contributed by atoms with van der Waals surface area (Å²) in [7, 11) is 1.56. The number of ether oxygens (including phenoxy) is 3. The normalized spacial score (nSPS) is 11.3. The van der Waals surface area contributed by atoms with Crippen LogP contribution in [0.15, 0.2) is 48.5 Å². The zero-order chi connectivity index (χ0) is 18.2. The first-order valence-corrected chi connectivity index (χ1v) is 7.93. The second-order valence-electron chi connectivity index (χ2n) is 5.19. The Kier molecular flexibility index (Phi) is 6.39. The van der Waals surface area contributed by atoms with E-state index in [1.165, 1.54) is 6.92 Å². The van der Waals surface area contributed by atoms with Crippen LogP contribution < -0.4 is 14.8 Å². The lowest BCUT2D eigenvalue weighted by Crippen LogP contribution is -2.30. The summed E-state index contributed by atoms with van der Waals surface area (Å²) in [5, 5.41) is 2.69. The number of para-hydroxylation sites is 1. The number of hydrogen-bond acceptors (Lipinski definition) is 5. The van der Waals surface area contributed by atoms with Crippen LogP contribution in [-0.2, 0) is 9.53 Å². The molecule has 0 spiro atoms. The van der Waals surface area contributed by atoms with E-state index in [1.54, 1.807) is 55.6 Å². The molecule has 0 bridgehead atoms. The van der Waals surface area contributed by atoms with E-state index in [1.807, 2.05) is 6.92 Å². The minimum absolute atomic E-state index is 0.286. The summed E-state index contributed by atoms with van der Waals surface area (Å²) < 4.78 is 15.7. The Morgan fingerprint density at radius 2 is 1.76 bits per heavy atom. The van der Waals surface area contributed by atoms with Gasteiger partial charge in [0.05, 0.1) is 13.7 Å². The molecular weight excluding hydrogens is 322 g/mol. The second-order valence-corrected chi connectivity index (χ2v) is 5.19. The SMILES string of the molecule is CCOc1ccccc1C(=O)OC(C)C(=O)Nc1ccc(OC)cc1. The van der Waals surface area contributed by atoms with Crippen molar-refractivity contribution in [2.45, 2.75) is 20.0 Å². The topological polar surface area (TPSA) is 73.9 Å². The molecule has 1 atom stereocenters. The lowest BCUT2D eigenvalue weighted by Gasteiger charge is -2.15. The van der Waals surface area contributed by atoms with Gasteiger partial charge in [-0.25, -0.2) is 4.79 Å². The quantitative estimate of drug-likeness (QED) is 0.781. The molecular formula is C19H21NO5. The first kappa shape index (κ1) is 18.3. The van der Waals surface area contributed by atoms with Gasteiger partial charge in [0, 0.05) is 5.69 Å². The van der Waals surface area contributed by atoms with Gasteiger partial charge in [-0.15, -0.1) is 0 Å². The standard InChI is InChI=1S/C19H21NO5/c1-4-24-17-8-6-5-7-16(17)19(22)25-13(2)18(21)20-14-9-11-15(23-3)12-10-14/h5-13H,4H2,1-3H3,(H,20,21). The van der Waals surface area contributed by atoms with Crippen molar-refractivity contribution >= 4 is 17.6 Å². The van der Waals surface area contributed by atoms with Crippen LogP contribution in [0.4, 0.5) is 5.69 Å². The van der Waals surface area contributed by atoms with Gasteiger partial charge in [-0.05, 0) is 50.2 Å². The largest absolute Gasteiger partial charge is 0.497 e. The first-order chi connectivity index (χ1) is 12.0. The van der Waals surface area contributed by atoms with E-state index >= 15 is 0 Å². The van der Waals surface area contributed by atoms with Crippen LogP contribution in [-0.4, -0.2) is 31.7 Å². The van der Waals surface area contributed by atoms with Crippen molar-refractivity contribution in [3.05, 3.63) is 54.1 Å². The number of rotatable bonds is 7. The van der Waals surface area contributed by atoms with E-state index in [-0.39, 0.29) is 5.56 Å². The summed E-state index contributed by atoms with van der Waals surface area (Å²) in [4.78, 5) is 24.5. The predicted octanol–water partition coefficient (Wildman–Crippen LogP) is 3.28. The molecule has 0 saturated carbocycles. The van der Waals surface area contributed by atoms with Crippen LogP contribution in [0, 0.1) is 0 Å². The fourth-order valence-electron chi connectivity index (χ4n) is 2.11. The third-order valence-electron chi connectivity index (χ3n) is 3.42. The second kappa shape index (κ2) is 8.73. The fourth-order valence-corrected chi connectivity index (χ4v) is 2.11. The van der Waals surface area contributed by atoms with Gasteiger partial charge in [0.2, 0.25) is 0 Å². The van der Waals surface area contributed by atoms with Crippen LogP contribution in [0.2, 0.25) is 0 Å². The van der Waals surface area contributed by atoms with Crippen LogP contribution >= 0.6 is 0 Å². The van der Waals surface area contributed by atoms with Crippen LogP contribution in [0.3, 0.4) is 0 Å². The molecule has 2 aromatic carbocycles. The molecule has 6 nitrogen and oxygen atoms in total. The number of carbonyl (C=O) groups excluding carboxylic acids is 2. The highest BCUT2D eigenvalue weighted by molar-refractivity contribution is 5.98. The third-order valence-corrected chi connectivity index (χ3v) is 3.42. The number of amides is 1. The number of methoxy groups -OCH3 is 1. The predicted molar refractivity (Wildman–Crippen MR) is 94.1 cm³/mol. The maximum absolute atomic E-state index is 12.3. The highest BCUT2D eigenvalue weighted by atomic mass is 16.5. The summed E-state index contributed by atoms with van der Waals surface area (Å²) in [6, 6.07) is 13.6. The van der Waals surface area contributed by atoms with Crippen LogP contribution in [0.25, 0.3) is 0 Å². The van der Waals surface area contributed by atoms with Gasteiger partial charge in [0.25, 0.3) is 5.91 Å².